The average Bonchev–Trinajstić information content (AvgIpc) is 2.80. The monoisotopic (exact) mass is 235 g/mol. The van der Waals surface area contributed by atoms with Gasteiger partial charge >= 0.3 is 0 Å². The van der Waals surface area contributed by atoms with Crippen LogP contribution in [0.5, 0.6) is 0 Å². The largest absolute Gasteiger partial charge is 0.255 e. The van der Waals surface area contributed by atoms with Crippen LogP contribution in [0.2, 0.25) is 0 Å². The van der Waals surface area contributed by atoms with E-state index in [1.54, 1.807) is 11.3 Å². The van der Waals surface area contributed by atoms with Crippen LogP contribution in [0.4, 0.5) is 0 Å². The van der Waals surface area contributed by atoms with Gasteiger partial charge < -0.3 is 0 Å². The Hall–Kier alpha value is -0.970. The first-order valence-electron chi connectivity index (χ1n) is 6.36. The van der Waals surface area contributed by atoms with Crippen molar-refractivity contribution in [2.45, 2.75) is 19.8 Å². The standard InChI is InChI=1S/C12H15N3S/c1-9-14-11-4-3-10(7-12(11)16-9)8-15-6-2-5-13-15/h3-4,7,13H,2,5-6,8H2,1H3/i2D2. The number of fused-ring (bicyclic) bond motifs is 1. The third-order valence-electron chi connectivity index (χ3n) is 2.66. The number of hydrogen-bond acceptors (Lipinski definition) is 4. The lowest BCUT2D eigenvalue weighted by atomic mass is 10.2. The number of thiazole rings is 1. The molecule has 16 heavy (non-hydrogen) atoms. The van der Waals surface area contributed by atoms with Crippen molar-refractivity contribution in [3.05, 3.63) is 28.8 Å². The maximum absolute atomic E-state index is 7.67. The van der Waals surface area contributed by atoms with Crippen LogP contribution in [-0.4, -0.2) is 23.1 Å². The van der Waals surface area contributed by atoms with Gasteiger partial charge in [0.25, 0.3) is 0 Å². The molecule has 3 nitrogen and oxygen atoms in total. The van der Waals surface area contributed by atoms with Gasteiger partial charge in [0.1, 0.15) is 0 Å². The van der Waals surface area contributed by atoms with Crippen LogP contribution in [-0.2, 0) is 6.54 Å². The molecule has 1 aliphatic rings. The van der Waals surface area contributed by atoms with Crippen molar-refractivity contribution in [3.8, 4) is 0 Å². The lowest BCUT2D eigenvalue weighted by Gasteiger charge is -2.14. The molecule has 1 aromatic heterocycles. The summed E-state index contributed by atoms with van der Waals surface area (Å²) >= 11 is 1.70. The number of rotatable bonds is 2. The van der Waals surface area contributed by atoms with Crippen LogP contribution >= 0.6 is 11.3 Å². The van der Waals surface area contributed by atoms with E-state index in [-0.39, 0.29) is 0 Å². The molecule has 1 N–H and O–H groups in total. The van der Waals surface area contributed by atoms with Crippen molar-refractivity contribution in [1.29, 1.82) is 0 Å². The number of aryl methyl sites for hydroxylation is 1. The zero-order chi connectivity index (χ0) is 12.8. The minimum absolute atomic E-state index is 0.398. The van der Waals surface area contributed by atoms with Crippen molar-refractivity contribution in [2.24, 2.45) is 0 Å². The molecule has 1 saturated heterocycles. The first kappa shape index (κ1) is 8.17. The van der Waals surface area contributed by atoms with Gasteiger partial charge in [0.15, 0.2) is 0 Å². The van der Waals surface area contributed by atoms with Gasteiger partial charge in [-0.2, -0.15) is 0 Å². The summed E-state index contributed by atoms with van der Waals surface area (Å²) in [6.07, 6.45) is -1.12. The van der Waals surface area contributed by atoms with Gasteiger partial charge in [-0.3, -0.25) is 5.43 Å². The molecular formula is C12H15N3S. The highest BCUT2D eigenvalue weighted by atomic mass is 32.1. The number of nitrogens with one attached hydrogen (secondary N) is 1. The molecular weight excluding hydrogens is 218 g/mol. The topological polar surface area (TPSA) is 28.2 Å². The van der Waals surface area contributed by atoms with Crippen molar-refractivity contribution in [1.82, 2.24) is 15.4 Å². The molecule has 0 atom stereocenters. The van der Waals surface area contributed by atoms with Crippen LogP contribution in [0, 0.1) is 6.92 Å². The third-order valence-corrected chi connectivity index (χ3v) is 3.60. The molecule has 0 bridgehead atoms. The van der Waals surface area contributed by atoms with Crippen LogP contribution in [0.3, 0.4) is 0 Å². The number of nitrogens with zero attached hydrogens (tertiary/aromatic N) is 2. The van der Waals surface area contributed by atoms with E-state index < -0.39 is 6.37 Å². The Morgan fingerprint density at radius 3 is 3.38 bits per heavy atom. The smallest absolute Gasteiger partial charge is 0.0907 e. The second-order valence-corrected chi connectivity index (χ2v) is 5.21. The second kappa shape index (κ2) is 4.13. The molecule has 0 spiro atoms. The molecule has 2 heterocycles. The minimum Gasteiger partial charge on any atom is -0.255 e. The lowest BCUT2D eigenvalue weighted by molar-refractivity contribution is 0.244. The fourth-order valence-corrected chi connectivity index (χ4v) is 2.82. The van der Waals surface area contributed by atoms with Crippen LogP contribution in [0.25, 0.3) is 10.2 Å². The maximum atomic E-state index is 7.67. The summed E-state index contributed by atoms with van der Waals surface area (Å²) in [4.78, 5) is 4.44. The zero-order valence-electron chi connectivity index (χ0n) is 11.2. The normalized spacial score (nSPS) is 22.3. The van der Waals surface area contributed by atoms with Gasteiger partial charge in [0.05, 0.1) is 15.2 Å². The zero-order valence-corrected chi connectivity index (χ0v) is 9.97. The highest BCUT2D eigenvalue weighted by Gasteiger charge is 2.11. The Kier molecular flexibility index (Phi) is 2.11. The van der Waals surface area contributed by atoms with E-state index in [0.29, 0.717) is 13.1 Å². The highest BCUT2D eigenvalue weighted by Crippen LogP contribution is 2.23. The summed E-state index contributed by atoms with van der Waals surface area (Å²) in [5.41, 5.74) is 5.33. The first-order valence-corrected chi connectivity index (χ1v) is 6.18. The Labute approximate surface area is 102 Å². The van der Waals surface area contributed by atoms with Gasteiger partial charge in [-0.25, -0.2) is 9.99 Å². The van der Waals surface area contributed by atoms with E-state index in [1.165, 1.54) is 10.3 Å². The Balaban J connectivity index is 1.78. The molecule has 0 saturated carbocycles. The van der Waals surface area contributed by atoms with Crippen molar-refractivity contribution in [2.75, 3.05) is 13.1 Å². The number of hydrazine groups is 1. The first-order chi connectivity index (χ1) is 8.52. The summed E-state index contributed by atoms with van der Waals surface area (Å²) in [5.74, 6) is 0. The van der Waals surface area contributed by atoms with Gasteiger partial charge in [-0.1, -0.05) is 6.07 Å². The molecule has 0 aliphatic carbocycles. The predicted octanol–water partition coefficient (Wildman–Crippen LogP) is 2.32. The van der Waals surface area contributed by atoms with E-state index in [9.17, 15) is 0 Å². The molecule has 0 unspecified atom stereocenters. The molecule has 84 valence electrons. The lowest BCUT2D eigenvalue weighted by Crippen LogP contribution is -2.29. The van der Waals surface area contributed by atoms with E-state index in [1.807, 2.05) is 18.0 Å². The fourth-order valence-electron chi connectivity index (χ4n) is 1.93. The minimum atomic E-state index is -1.12. The maximum Gasteiger partial charge on any atom is 0.0907 e. The van der Waals surface area contributed by atoms with Crippen LogP contribution in [0.1, 0.15) is 19.7 Å². The summed E-state index contributed by atoms with van der Waals surface area (Å²) in [6, 6.07) is 6.26. The fraction of sp³-hybridized carbons (Fsp3) is 0.417. The SMILES string of the molecule is [2H]C1([2H])CNN(Cc2ccc3nc(C)sc3c2)C1. The molecule has 1 aliphatic heterocycles. The van der Waals surface area contributed by atoms with E-state index >= 15 is 0 Å². The molecule has 1 aromatic carbocycles. The van der Waals surface area contributed by atoms with Gasteiger partial charge in [-0.15, -0.1) is 11.3 Å². The Morgan fingerprint density at radius 1 is 1.62 bits per heavy atom. The van der Waals surface area contributed by atoms with Crippen molar-refractivity contribution < 1.29 is 2.74 Å². The molecule has 3 rings (SSSR count). The molecule has 2 aromatic rings. The van der Waals surface area contributed by atoms with Gasteiger partial charge in [-0.05, 0) is 31.0 Å². The molecule has 0 radical (unpaired) electrons. The Morgan fingerprint density at radius 2 is 2.56 bits per heavy atom. The van der Waals surface area contributed by atoms with Crippen LogP contribution < -0.4 is 5.43 Å². The van der Waals surface area contributed by atoms with Crippen molar-refractivity contribution in [3.63, 3.8) is 0 Å². The predicted molar refractivity (Wildman–Crippen MR) is 67.4 cm³/mol. The third kappa shape index (κ3) is 1.96. The average molecular weight is 235 g/mol. The van der Waals surface area contributed by atoms with Crippen molar-refractivity contribution >= 4 is 21.6 Å². The molecule has 4 heteroatoms. The highest BCUT2D eigenvalue weighted by molar-refractivity contribution is 7.18. The number of aromatic nitrogens is 1. The number of benzene rings is 1. The molecule has 0 amide bonds. The number of hydrogen-bond donors (Lipinski definition) is 1. The van der Waals surface area contributed by atoms with Crippen LogP contribution in [0.15, 0.2) is 18.2 Å². The summed E-state index contributed by atoms with van der Waals surface area (Å²) in [6.45, 7) is 3.58. The van der Waals surface area contributed by atoms with E-state index in [2.05, 4.69) is 22.5 Å². The van der Waals surface area contributed by atoms with Gasteiger partial charge in [0, 0.05) is 22.4 Å². The second-order valence-electron chi connectivity index (χ2n) is 3.98. The Bertz CT molecular complexity index is 582. The summed E-state index contributed by atoms with van der Waals surface area (Å²) in [7, 11) is 0. The van der Waals surface area contributed by atoms with E-state index in [4.69, 9.17) is 2.74 Å². The summed E-state index contributed by atoms with van der Waals surface area (Å²) < 4.78 is 16.5. The van der Waals surface area contributed by atoms with E-state index in [0.717, 1.165) is 17.1 Å². The van der Waals surface area contributed by atoms with Gasteiger partial charge in [0.2, 0.25) is 0 Å². The quantitative estimate of drug-likeness (QED) is 0.866. The molecule has 1 fully saturated rings. The summed E-state index contributed by atoms with van der Waals surface area (Å²) in [5, 5.41) is 3.02.